The number of aliphatic hydroxyl groups is 1. The molecule has 10 nitrogen and oxygen atoms in total. The summed E-state index contributed by atoms with van der Waals surface area (Å²) in [6.45, 7) is 6.33. The minimum absolute atomic E-state index is 0.281. The van der Waals surface area contributed by atoms with Gasteiger partial charge >= 0.3 is 0 Å². The molecule has 39 heavy (non-hydrogen) atoms. The Morgan fingerprint density at radius 2 is 1.90 bits per heavy atom. The number of para-hydroxylation sites is 1. The number of nitrogens with one attached hydrogen (secondary N) is 2. The third-order valence-electron chi connectivity index (χ3n) is 8.23. The van der Waals surface area contributed by atoms with Gasteiger partial charge in [0.25, 0.3) is 5.91 Å². The zero-order chi connectivity index (χ0) is 27.4. The summed E-state index contributed by atoms with van der Waals surface area (Å²) in [5.41, 5.74) is 3.95. The number of nitrogens with zero attached hydrogens (tertiary/aromatic N) is 3. The van der Waals surface area contributed by atoms with Crippen LogP contribution in [0.15, 0.2) is 36.4 Å². The summed E-state index contributed by atoms with van der Waals surface area (Å²) in [4.78, 5) is 20.7. The predicted octanol–water partition coefficient (Wildman–Crippen LogP) is 3.71. The second-order valence-corrected chi connectivity index (χ2v) is 13.5. The molecule has 11 heteroatoms. The monoisotopic (exact) mass is 553 g/mol. The first-order chi connectivity index (χ1) is 18.6. The third kappa shape index (κ3) is 5.22. The van der Waals surface area contributed by atoms with Gasteiger partial charge in [0.2, 0.25) is 10.0 Å². The first-order valence-corrected chi connectivity index (χ1v) is 15.2. The lowest BCUT2D eigenvalue weighted by Gasteiger charge is -2.35. The maximum Gasteiger partial charge on any atom is 0.257 e. The van der Waals surface area contributed by atoms with Gasteiger partial charge in [-0.2, -0.15) is 0 Å². The van der Waals surface area contributed by atoms with Gasteiger partial charge in [0.1, 0.15) is 17.9 Å². The Hall–Kier alpha value is -3.15. The molecule has 2 aliphatic heterocycles. The lowest BCUT2D eigenvalue weighted by molar-refractivity contribution is -0.0634. The quantitative estimate of drug-likeness (QED) is 0.407. The van der Waals surface area contributed by atoms with Crippen molar-refractivity contribution in [1.29, 1.82) is 0 Å². The van der Waals surface area contributed by atoms with Gasteiger partial charge in [0.15, 0.2) is 0 Å². The van der Waals surface area contributed by atoms with Gasteiger partial charge < -0.3 is 24.6 Å². The molecule has 3 aliphatic rings. The van der Waals surface area contributed by atoms with Crippen LogP contribution >= 0.6 is 0 Å². The summed E-state index contributed by atoms with van der Waals surface area (Å²) < 4.78 is 35.2. The molecule has 1 amide bonds. The molecule has 0 radical (unpaired) electrons. The SMILES string of the molecule is CC1(C)Cn2c(nc3c(NC(=O)c4ccc(NS(=O)(=O)CCO)cc4N4CCC5(CC4)CC5)cccc32)CO1. The van der Waals surface area contributed by atoms with Gasteiger partial charge in [-0.05, 0) is 75.3 Å². The molecule has 0 bridgehead atoms. The number of benzene rings is 2. The van der Waals surface area contributed by atoms with Crippen LogP contribution in [0.2, 0.25) is 0 Å². The minimum atomic E-state index is -3.70. The highest BCUT2D eigenvalue weighted by molar-refractivity contribution is 7.92. The van der Waals surface area contributed by atoms with Crippen molar-refractivity contribution in [2.45, 2.75) is 58.3 Å². The minimum Gasteiger partial charge on any atom is -0.395 e. The summed E-state index contributed by atoms with van der Waals surface area (Å²) in [7, 11) is -3.70. The molecule has 208 valence electrons. The van der Waals surface area contributed by atoms with Gasteiger partial charge in [0, 0.05) is 13.1 Å². The average Bonchev–Trinajstić information content (AvgIpc) is 3.54. The molecule has 0 unspecified atom stereocenters. The van der Waals surface area contributed by atoms with Crippen molar-refractivity contribution in [2.75, 3.05) is 40.4 Å². The first kappa shape index (κ1) is 26.1. The van der Waals surface area contributed by atoms with Crippen LogP contribution in [0.5, 0.6) is 0 Å². The molecule has 1 aliphatic carbocycles. The number of amides is 1. The number of aromatic nitrogens is 2. The number of ether oxygens (including phenoxy) is 1. The fourth-order valence-corrected chi connectivity index (χ4v) is 6.59. The Balaban J connectivity index is 1.32. The van der Waals surface area contributed by atoms with Crippen molar-refractivity contribution in [1.82, 2.24) is 9.55 Å². The lowest BCUT2D eigenvalue weighted by atomic mass is 9.93. The van der Waals surface area contributed by atoms with E-state index >= 15 is 0 Å². The fraction of sp³-hybridized carbons (Fsp3) is 0.500. The van der Waals surface area contributed by atoms with Gasteiger partial charge in [0.05, 0.1) is 52.6 Å². The van der Waals surface area contributed by atoms with Crippen LogP contribution in [0, 0.1) is 5.41 Å². The topological polar surface area (TPSA) is 126 Å². The van der Waals surface area contributed by atoms with Gasteiger partial charge in [-0.25, -0.2) is 13.4 Å². The number of carbonyl (C=O) groups is 1. The van der Waals surface area contributed by atoms with Crippen LogP contribution in [0.25, 0.3) is 11.0 Å². The molecule has 2 fully saturated rings. The van der Waals surface area contributed by atoms with Gasteiger partial charge in [-0.1, -0.05) is 6.07 Å². The Morgan fingerprint density at radius 3 is 2.62 bits per heavy atom. The summed E-state index contributed by atoms with van der Waals surface area (Å²) in [5, 5.41) is 12.2. The Labute approximate surface area is 228 Å². The van der Waals surface area contributed by atoms with Crippen LogP contribution in [0.1, 0.15) is 55.7 Å². The summed E-state index contributed by atoms with van der Waals surface area (Å²) in [5.74, 6) is 0.155. The average molecular weight is 554 g/mol. The largest absolute Gasteiger partial charge is 0.395 e. The Morgan fingerprint density at radius 1 is 1.13 bits per heavy atom. The zero-order valence-corrected chi connectivity index (χ0v) is 23.2. The van der Waals surface area contributed by atoms with Crippen molar-refractivity contribution in [2.24, 2.45) is 5.41 Å². The van der Waals surface area contributed by atoms with E-state index in [0.29, 0.717) is 46.7 Å². The van der Waals surface area contributed by atoms with Crippen LogP contribution in [0.4, 0.5) is 17.1 Å². The molecule has 3 heterocycles. The molecule has 6 rings (SSSR count). The molecule has 1 saturated carbocycles. The first-order valence-electron chi connectivity index (χ1n) is 13.5. The van der Waals surface area contributed by atoms with E-state index in [9.17, 15) is 13.2 Å². The molecule has 1 spiro atoms. The van der Waals surface area contributed by atoms with E-state index in [2.05, 4.69) is 19.5 Å². The summed E-state index contributed by atoms with van der Waals surface area (Å²) >= 11 is 0. The normalized spacial score (nSPS) is 19.6. The van der Waals surface area contributed by atoms with E-state index in [1.54, 1.807) is 18.2 Å². The number of aliphatic hydroxyl groups excluding tert-OH is 1. The van der Waals surface area contributed by atoms with E-state index in [1.807, 2.05) is 32.0 Å². The molecule has 1 saturated heterocycles. The number of fused-ring (bicyclic) bond motifs is 3. The van der Waals surface area contributed by atoms with E-state index in [1.165, 1.54) is 12.8 Å². The standard InChI is InChI=1S/C28H35N5O5S/c1-27(2)18-33-22-5-3-4-21(25(22)30-24(33)17-38-27)29-26(35)20-7-6-19(31-39(36,37)15-14-34)16-23(20)32-12-10-28(8-9-28)11-13-32/h3-7,16,31,34H,8-15,17-18H2,1-2H3,(H,29,35). The predicted molar refractivity (Wildman–Crippen MR) is 151 cm³/mol. The number of carbonyl (C=O) groups excluding carboxylic acids is 1. The molecular weight excluding hydrogens is 518 g/mol. The molecule has 2 aromatic carbocycles. The van der Waals surface area contributed by atoms with Crippen LogP contribution in [-0.2, 0) is 27.9 Å². The van der Waals surface area contributed by atoms with Crippen LogP contribution in [0.3, 0.4) is 0 Å². The molecule has 1 aromatic heterocycles. The summed E-state index contributed by atoms with van der Waals surface area (Å²) in [6, 6.07) is 10.7. The maximum atomic E-state index is 13.7. The smallest absolute Gasteiger partial charge is 0.257 e. The maximum absolute atomic E-state index is 13.7. The van der Waals surface area contributed by atoms with Gasteiger partial charge in [-0.15, -0.1) is 0 Å². The van der Waals surface area contributed by atoms with Crippen molar-refractivity contribution in [3.8, 4) is 0 Å². The van der Waals surface area contributed by atoms with Gasteiger partial charge in [-0.3, -0.25) is 9.52 Å². The molecule has 0 atom stereocenters. The van der Waals surface area contributed by atoms with Crippen LogP contribution in [-0.4, -0.2) is 60.0 Å². The fourth-order valence-electron chi connectivity index (χ4n) is 5.76. The second kappa shape index (κ2) is 9.50. The second-order valence-electron chi connectivity index (χ2n) is 11.7. The number of sulfonamides is 1. The zero-order valence-electron chi connectivity index (χ0n) is 22.4. The van der Waals surface area contributed by atoms with Crippen LogP contribution < -0.4 is 14.9 Å². The van der Waals surface area contributed by atoms with Crippen molar-refractivity contribution in [3.63, 3.8) is 0 Å². The number of anilines is 3. The van der Waals surface area contributed by atoms with E-state index in [-0.39, 0.29) is 11.5 Å². The molecule has 3 N–H and O–H groups in total. The highest BCUT2D eigenvalue weighted by Crippen LogP contribution is 2.54. The number of hydrogen-bond acceptors (Lipinski definition) is 7. The Bertz CT molecular complexity index is 1530. The lowest BCUT2D eigenvalue weighted by Crippen LogP contribution is -2.35. The Kier molecular flexibility index (Phi) is 6.35. The highest BCUT2D eigenvalue weighted by Gasteiger charge is 2.44. The van der Waals surface area contributed by atoms with E-state index in [4.69, 9.17) is 14.8 Å². The molecule has 3 aromatic rings. The van der Waals surface area contributed by atoms with E-state index < -0.39 is 22.4 Å². The highest BCUT2D eigenvalue weighted by atomic mass is 32.2. The number of rotatable bonds is 7. The summed E-state index contributed by atoms with van der Waals surface area (Å²) in [6.07, 6.45) is 4.64. The third-order valence-corrected chi connectivity index (χ3v) is 9.50. The number of imidazole rings is 1. The van der Waals surface area contributed by atoms with Crippen molar-refractivity contribution >= 4 is 44.0 Å². The van der Waals surface area contributed by atoms with Crippen molar-refractivity contribution in [3.05, 3.63) is 47.8 Å². The van der Waals surface area contributed by atoms with E-state index in [0.717, 1.165) is 37.3 Å². The van der Waals surface area contributed by atoms with Crippen molar-refractivity contribution < 1.29 is 23.1 Å². The molecular formula is C28H35N5O5S. The number of piperidine rings is 1. The number of hydrogen-bond donors (Lipinski definition) is 3.